The van der Waals surface area contributed by atoms with E-state index in [1.54, 1.807) is 37.4 Å². The van der Waals surface area contributed by atoms with Crippen LogP contribution in [0.4, 0.5) is 0 Å². The monoisotopic (exact) mass is 298 g/mol. The van der Waals surface area contributed by atoms with Crippen LogP contribution < -0.4 is 0 Å². The molecule has 0 aliphatic rings. The van der Waals surface area contributed by atoms with Crippen LogP contribution in [0.5, 0.6) is 0 Å². The summed E-state index contributed by atoms with van der Waals surface area (Å²) in [7, 11) is 0. The van der Waals surface area contributed by atoms with Gasteiger partial charge in [-0.05, 0) is 30.7 Å². The van der Waals surface area contributed by atoms with Crippen LogP contribution >= 0.6 is 23.2 Å². The highest BCUT2D eigenvalue weighted by Crippen LogP contribution is 2.27. The first-order valence-corrected chi connectivity index (χ1v) is 6.44. The summed E-state index contributed by atoms with van der Waals surface area (Å²) in [6.07, 6.45) is 1.36. The summed E-state index contributed by atoms with van der Waals surface area (Å²) in [5, 5.41) is 7.39. The zero-order valence-corrected chi connectivity index (χ0v) is 11.7. The summed E-state index contributed by atoms with van der Waals surface area (Å²) in [5.41, 5.74) is 1.51. The molecule has 1 aromatic carbocycles. The first-order chi connectivity index (χ1) is 9.06. The van der Waals surface area contributed by atoms with Crippen molar-refractivity contribution >= 4 is 29.2 Å². The lowest BCUT2D eigenvalue weighted by Crippen LogP contribution is -2.11. The van der Waals surface area contributed by atoms with E-state index in [9.17, 15) is 4.79 Å². The van der Waals surface area contributed by atoms with Crippen molar-refractivity contribution in [2.45, 2.75) is 19.4 Å². The van der Waals surface area contributed by atoms with Gasteiger partial charge in [0.25, 0.3) is 0 Å². The van der Waals surface area contributed by atoms with Gasteiger partial charge in [-0.1, -0.05) is 29.3 Å². The molecular formula is C13H12Cl2N2O2. The van der Waals surface area contributed by atoms with Gasteiger partial charge in [-0.3, -0.25) is 9.89 Å². The van der Waals surface area contributed by atoms with Crippen LogP contribution in [0.25, 0.3) is 0 Å². The van der Waals surface area contributed by atoms with Crippen LogP contribution in [0.2, 0.25) is 10.0 Å². The van der Waals surface area contributed by atoms with Crippen molar-refractivity contribution < 1.29 is 9.53 Å². The zero-order chi connectivity index (χ0) is 13.8. The molecule has 0 fully saturated rings. The molecule has 4 nitrogen and oxygen atoms in total. The van der Waals surface area contributed by atoms with E-state index in [0.717, 1.165) is 5.56 Å². The van der Waals surface area contributed by atoms with Crippen molar-refractivity contribution in [2.75, 3.05) is 0 Å². The van der Waals surface area contributed by atoms with E-state index < -0.39 is 0 Å². The van der Waals surface area contributed by atoms with Crippen LogP contribution in [-0.4, -0.2) is 16.2 Å². The highest BCUT2D eigenvalue weighted by Gasteiger charge is 2.14. The fourth-order valence-corrected chi connectivity index (χ4v) is 1.92. The van der Waals surface area contributed by atoms with Gasteiger partial charge in [0.1, 0.15) is 6.10 Å². The van der Waals surface area contributed by atoms with E-state index in [0.29, 0.717) is 15.7 Å². The number of halogens is 2. The number of carbonyl (C=O) groups is 1. The Bertz CT molecular complexity index is 570. The van der Waals surface area contributed by atoms with Gasteiger partial charge in [-0.15, -0.1) is 0 Å². The minimum Gasteiger partial charge on any atom is -0.457 e. The molecule has 1 aromatic heterocycles. The molecule has 19 heavy (non-hydrogen) atoms. The first-order valence-electron chi connectivity index (χ1n) is 5.69. The summed E-state index contributed by atoms with van der Waals surface area (Å²) >= 11 is 11.8. The molecule has 2 rings (SSSR count). The molecule has 0 saturated carbocycles. The molecule has 0 radical (unpaired) electrons. The largest absolute Gasteiger partial charge is 0.457 e. The molecular weight excluding hydrogens is 287 g/mol. The highest BCUT2D eigenvalue weighted by molar-refractivity contribution is 6.42. The van der Waals surface area contributed by atoms with Crippen molar-refractivity contribution in [3.8, 4) is 0 Å². The minimum atomic E-state index is -0.384. The number of hydrogen-bond donors (Lipinski definition) is 1. The summed E-state index contributed by atoms with van der Waals surface area (Å²) < 4.78 is 5.32. The van der Waals surface area contributed by atoms with E-state index >= 15 is 0 Å². The van der Waals surface area contributed by atoms with Crippen molar-refractivity contribution in [2.24, 2.45) is 0 Å². The molecule has 1 N–H and O–H groups in total. The van der Waals surface area contributed by atoms with Gasteiger partial charge in [0.05, 0.1) is 16.5 Å². The number of hydrogen-bond acceptors (Lipinski definition) is 3. The molecule has 1 unspecified atom stereocenters. The number of carbonyl (C=O) groups excluding carboxylic acids is 1. The lowest BCUT2D eigenvalue weighted by molar-refractivity contribution is -0.147. The second kappa shape index (κ2) is 6.08. The first kappa shape index (κ1) is 13.9. The molecule has 1 heterocycles. The molecule has 1 atom stereocenters. The standard InChI is InChI=1S/C13H12Cl2N2O2/c1-8(9-2-3-11(14)12(15)6-9)19-13(18)7-10-4-5-16-17-10/h2-6,8H,7H2,1H3,(H,16,17). The smallest absolute Gasteiger partial charge is 0.312 e. The lowest BCUT2D eigenvalue weighted by Gasteiger charge is -2.14. The van der Waals surface area contributed by atoms with Crippen LogP contribution in [-0.2, 0) is 16.0 Å². The maximum atomic E-state index is 11.7. The molecule has 0 spiro atoms. The number of esters is 1. The Morgan fingerprint density at radius 1 is 1.37 bits per heavy atom. The van der Waals surface area contributed by atoms with Crippen LogP contribution in [0.3, 0.4) is 0 Å². The topological polar surface area (TPSA) is 55.0 Å². The molecule has 6 heteroatoms. The Kier molecular flexibility index (Phi) is 4.45. The average Bonchev–Trinajstić information content (AvgIpc) is 2.85. The van der Waals surface area contributed by atoms with Crippen molar-refractivity contribution in [3.05, 3.63) is 51.8 Å². The fraction of sp³-hybridized carbons (Fsp3) is 0.231. The normalized spacial score (nSPS) is 12.2. The third kappa shape index (κ3) is 3.72. The van der Waals surface area contributed by atoms with Crippen molar-refractivity contribution in [3.63, 3.8) is 0 Å². The molecule has 0 bridgehead atoms. The second-order valence-corrected chi connectivity index (χ2v) is 4.88. The van der Waals surface area contributed by atoms with E-state index in [2.05, 4.69) is 10.2 Å². The fourth-order valence-electron chi connectivity index (χ4n) is 1.61. The number of nitrogens with one attached hydrogen (secondary N) is 1. The quantitative estimate of drug-likeness (QED) is 0.878. The maximum absolute atomic E-state index is 11.7. The van der Waals surface area contributed by atoms with E-state index in [4.69, 9.17) is 27.9 Å². The highest BCUT2D eigenvalue weighted by atomic mass is 35.5. The summed E-state index contributed by atoms with van der Waals surface area (Å²) in [6, 6.07) is 6.88. The predicted octanol–water partition coefficient (Wildman–Crippen LogP) is 3.56. The van der Waals surface area contributed by atoms with Gasteiger partial charge < -0.3 is 4.74 Å². The lowest BCUT2D eigenvalue weighted by atomic mass is 10.1. The van der Waals surface area contributed by atoms with Crippen molar-refractivity contribution in [1.82, 2.24) is 10.2 Å². The Hall–Kier alpha value is -1.52. The molecule has 2 aromatic rings. The van der Waals surface area contributed by atoms with E-state index in [1.807, 2.05) is 0 Å². The van der Waals surface area contributed by atoms with Gasteiger partial charge in [-0.25, -0.2) is 0 Å². The SMILES string of the molecule is CC(OC(=O)Cc1ccn[nH]1)c1ccc(Cl)c(Cl)c1. The summed E-state index contributed by atoms with van der Waals surface area (Å²) in [5.74, 6) is -0.331. The van der Waals surface area contributed by atoms with Gasteiger partial charge >= 0.3 is 5.97 Å². The third-order valence-electron chi connectivity index (χ3n) is 2.61. The van der Waals surface area contributed by atoms with Gasteiger partial charge in [0, 0.05) is 11.9 Å². The molecule has 0 amide bonds. The Morgan fingerprint density at radius 2 is 2.16 bits per heavy atom. The van der Waals surface area contributed by atoms with Gasteiger partial charge in [0.15, 0.2) is 0 Å². The van der Waals surface area contributed by atoms with Crippen LogP contribution in [0, 0.1) is 0 Å². The number of benzene rings is 1. The summed E-state index contributed by atoms with van der Waals surface area (Å²) in [4.78, 5) is 11.7. The molecule has 100 valence electrons. The maximum Gasteiger partial charge on any atom is 0.312 e. The molecule has 0 aliphatic carbocycles. The number of rotatable bonds is 4. The van der Waals surface area contributed by atoms with E-state index in [-0.39, 0.29) is 18.5 Å². The van der Waals surface area contributed by atoms with E-state index in [1.165, 1.54) is 0 Å². The zero-order valence-electron chi connectivity index (χ0n) is 10.2. The predicted molar refractivity (Wildman–Crippen MR) is 73.3 cm³/mol. The second-order valence-electron chi connectivity index (χ2n) is 4.06. The van der Waals surface area contributed by atoms with Gasteiger partial charge in [0.2, 0.25) is 0 Å². The molecule has 0 saturated heterocycles. The number of aromatic amines is 1. The number of nitrogens with zero attached hydrogens (tertiary/aromatic N) is 1. The third-order valence-corrected chi connectivity index (χ3v) is 3.35. The summed E-state index contributed by atoms with van der Waals surface area (Å²) in [6.45, 7) is 1.78. The average molecular weight is 299 g/mol. The van der Waals surface area contributed by atoms with Crippen molar-refractivity contribution in [1.29, 1.82) is 0 Å². The van der Waals surface area contributed by atoms with Crippen LogP contribution in [0.1, 0.15) is 24.3 Å². The number of H-pyrrole nitrogens is 1. The van der Waals surface area contributed by atoms with Gasteiger partial charge in [-0.2, -0.15) is 5.10 Å². The van der Waals surface area contributed by atoms with Crippen LogP contribution in [0.15, 0.2) is 30.5 Å². The Balaban J connectivity index is 1.98. The minimum absolute atomic E-state index is 0.158. The molecule has 0 aliphatic heterocycles. The number of aromatic nitrogens is 2. The Labute approximate surface area is 120 Å². The number of ether oxygens (including phenoxy) is 1. The Morgan fingerprint density at radius 3 is 2.79 bits per heavy atom.